The first-order valence-electron chi connectivity index (χ1n) is 4.68. The fourth-order valence-electron chi connectivity index (χ4n) is 1.13. The molecule has 0 aromatic heterocycles. The van der Waals surface area contributed by atoms with Gasteiger partial charge in [0.15, 0.2) is 0 Å². The molecule has 0 aliphatic carbocycles. The molecule has 0 aliphatic heterocycles. The van der Waals surface area contributed by atoms with Crippen LogP contribution in [0.1, 0.15) is 46.0 Å². The average molecular weight is 174 g/mol. The van der Waals surface area contributed by atoms with Crippen molar-refractivity contribution < 1.29 is 14.7 Å². The molecule has 0 saturated carbocycles. The Morgan fingerprint density at radius 3 is 2.42 bits per heavy atom. The van der Waals surface area contributed by atoms with Gasteiger partial charge in [0.25, 0.3) is 0 Å². The topological polar surface area (TPSA) is 49.7 Å². The summed E-state index contributed by atoms with van der Waals surface area (Å²) in [5, 5.41) is 16.9. The predicted octanol–water partition coefficient (Wildman–Crippen LogP) is 1.33. The monoisotopic (exact) mass is 174 g/mol. The summed E-state index contributed by atoms with van der Waals surface area (Å²) in [6.45, 7) is 4.02. The Morgan fingerprint density at radius 2 is 1.92 bits per heavy atom. The molecule has 0 bridgehead atoms. The summed E-state index contributed by atoms with van der Waals surface area (Å²) in [4.78, 5) is 0. The molecule has 0 radical (unpaired) electrons. The first-order valence-corrected chi connectivity index (χ1v) is 4.68. The average Bonchev–Trinajstić information content (AvgIpc) is 1.97. The van der Waals surface area contributed by atoms with Gasteiger partial charge < -0.3 is 14.7 Å². The largest absolute Gasteiger partial charge is 0.634 e. The third-order valence-electron chi connectivity index (χ3n) is 1.82. The lowest BCUT2D eigenvalue weighted by atomic mass is 10.1. The first kappa shape index (κ1) is 11.9. The molecule has 0 aliphatic rings. The Kier molecular flexibility index (Phi) is 7.55. The van der Waals surface area contributed by atoms with Crippen LogP contribution in [0.3, 0.4) is 0 Å². The van der Waals surface area contributed by atoms with Gasteiger partial charge >= 0.3 is 7.32 Å². The van der Waals surface area contributed by atoms with Crippen LogP contribution in [-0.2, 0) is 4.65 Å². The number of hydrogen-bond acceptors (Lipinski definition) is 3. The summed E-state index contributed by atoms with van der Waals surface area (Å²) in [7, 11) is -1.62. The summed E-state index contributed by atoms with van der Waals surface area (Å²) >= 11 is 0. The van der Waals surface area contributed by atoms with Gasteiger partial charge in [-0.25, -0.2) is 0 Å². The van der Waals surface area contributed by atoms with E-state index in [-0.39, 0.29) is 6.10 Å². The van der Waals surface area contributed by atoms with E-state index in [4.69, 9.17) is 14.7 Å². The van der Waals surface area contributed by atoms with Crippen LogP contribution in [0, 0.1) is 0 Å². The minimum atomic E-state index is -1.62. The number of rotatable bonds is 7. The van der Waals surface area contributed by atoms with Crippen molar-refractivity contribution in [2.75, 3.05) is 0 Å². The predicted molar refractivity (Wildman–Crippen MR) is 49.5 cm³/mol. The molecule has 0 rings (SSSR count). The lowest BCUT2D eigenvalue weighted by Crippen LogP contribution is -2.23. The van der Waals surface area contributed by atoms with E-state index in [1.54, 1.807) is 0 Å². The lowest BCUT2D eigenvalue weighted by molar-refractivity contribution is 0.122. The Hall–Kier alpha value is -0.0551. The maximum atomic E-state index is 8.46. The Morgan fingerprint density at radius 1 is 1.25 bits per heavy atom. The van der Waals surface area contributed by atoms with E-state index >= 15 is 0 Å². The van der Waals surface area contributed by atoms with Crippen LogP contribution in [-0.4, -0.2) is 23.5 Å². The summed E-state index contributed by atoms with van der Waals surface area (Å²) in [6, 6.07) is 0. The third kappa shape index (κ3) is 8.05. The van der Waals surface area contributed by atoms with Gasteiger partial charge in [-0.15, -0.1) is 0 Å². The molecule has 0 amide bonds. The second kappa shape index (κ2) is 7.59. The van der Waals surface area contributed by atoms with Crippen molar-refractivity contribution in [3.63, 3.8) is 0 Å². The summed E-state index contributed by atoms with van der Waals surface area (Å²) in [5.41, 5.74) is 0. The summed E-state index contributed by atoms with van der Waals surface area (Å²) in [5.74, 6) is 0. The molecular weight excluding hydrogens is 155 g/mol. The van der Waals surface area contributed by atoms with Crippen molar-refractivity contribution >= 4 is 7.32 Å². The molecular formula is C8H19BO3. The number of unbranched alkanes of at least 4 members (excludes halogenated alkanes) is 3. The highest BCUT2D eigenvalue weighted by Gasteiger charge is 2.12. The lowest BCUT2D eigenvalue weighted by Gasteiger charge is -2.11. The van der Waals surface area contributed by atoms with Gasteiger partial charge in [-0.3, -0.25) is 0 Å². The Labute approximate surface area is 74.9 Å². The smallest absolute Gasteiger partial charge is 0.402 e. The Balaban J connectivity index is 3.14. The second-order valence-corrected chi connectivity index (χ2v) is 3.12. The maximum Gasteiger partial charge on any atom is 0.634 e. The van der Waals surface area contributed by atoms with Gasteiger partial charge in [0.2, 0.25) is 0 Å². The van der Waals surface area contributed by atoms with Crippen molar-refractivity contribution in [3.8, 4) is 0 Å². The summed E-state index contributed by atoms with van der Waals surface area (Å²) < 4.78 is 4.74. The molecule has 12 heavy (non-hydrogen) atoms. The fraction of sp³-hybridized carbons (Fsp3) is 1.00. The quantitative estimate of drug-likeness (QED) is 0.452. The van der Waals surface area contributed by atoms with E-state index in [9.17, 15) is 0 Å². The molecule has 1 unspecified atom stereocenters. The van der Waals surface area contributed by atoms with Gasteiger partial charge in [0, 0.05) is 6.10 Å². The molecule has 0 aromatic carbocycles. The molecule has 4 heteroatoms. The van der Waals surface area contributed by atoms with Gasteiger partial charge in [-0.2, -0.15) is 0 Å². The summed E-state index contributed by atoms with van der Waals surface area (Å²) in [6.07, 6.45) is 5.61. The van der Waals surface area contributed by atoms with E-state index in [0.29, 0.717) is 0 Å². The second-order valence-electron chi connectivity index (χ2n) is 3.12. The molecule has 2 N–H and O–H groups in total. The van der Waals surface area contributed by atoms with E-state index in [1.165, 1.54) is 19.3 Å². The molecule has 0 heterocycles. The van der Waals surface area contributed by atoms with Gasteiger partial charge in [0.05, 0.1) is 0 Å². The molecule has 0 fully saturated rings. The van der Waals surface area contributed by atoms with Crippen LogP contribution < -0.4 is 0 Å². The third-order valence-corrected chi connectivity index (χ3v) is 1.82. The van der Waals surface area contributed by atoms with Crippen molar-refractivity contribution in [1.82, 2.24) is 0 Å². The molecule has 72 valence electrons. The van der Waals surface area contributed by atoms with Crippen molar-refractivity contribution in [1.29, 1.82) is 0 Å². The maximum absolute atomic E-state index is 8.46. The van der Waals surface area contributed by atoms with E-state index in [0.717, 1.165) is 12.8 Å². The zero-order valence-electron chi connectivity index (χ0n) is 7.99. The number of hydrogen-bond donors (Lipinski definition) is 2. The van der Waals surface area contributed by atoms with Gasteiger partial charge in [0.1, 0.15) is 0 Å². The van der Waals surface area contributed by atoms with Crippen molar-refractivity contribution in [3.05, 3.63) is 0 Å². The van der Waals surface area contributed by atoms with Crippen LogP contribution in [0.2, 0.25) is 0 Å². The van der Waals surface area contributed by atoms with Crippen LogP contribution in [0.5, 0.6) is 0 Å². The SMILES string of the molecule is CCCCCCC(C)OB(O)O. The molecule has 1 atom stereocenters. The van der Waals surface area contributed by atoms with Gasteiger partial charge in [-0.05, 0) is 13.3 Å². The zero-order valence-corrected chi connectivity index (χ0v) is 7.99. The molecule has 0 spiro atoms. The van der Waals surface area contributed by atoms with Crippen molar-refractivity contribution in [2.45, 2.75) is 52.1 Å². The minimum Gasteiger partial charge on any atom is -0.402 e. The van der Waals surface area contributed by atoms with Crippen LogP contribution in [0.15, 0.2) is 0 Å². The Bertz CT molecular complexity index is 98.3. The van der Waals surface area contributed by atoms with Crippen molar-refractivity contribution in [2.24, 2.45) is 0 Å². The first-order chi connectivity index (χ1) is 5.66. The normalized spacial score (nSPS) is 13.0. The standard InChI is InChI=1S/C8H19BO3/c1-3-4-5-6-7-8(2)12-9(10)11/h8,10-11H,3-7H2,1-2H3. The fourth-order valence-corrected chi connectivity index (χ4v) is 1.13. The van der Waals surface area contributed by atoms with E-state index in [2.05, 4.69) is 6.92 Å². The van der Waals surface area contributed by atoms with E-state index < -0.39 is 7.32 Å². The molecule has 0 aromatic rings. The van der Waals surface area contributed by atoms with Crippen LogP contribution >= 0.6 is 0 Å². The highest BCUT2D eigenvalue weighted by atomic mass is 16.6. The minimum absolute atomic E-state index is 0.0538. The highest BCUT2D eigenvalue weighted by molar-refractivity contribution is 6.32. The van der Waals surface area contributed by atoms with Gasteiger partial charge in [-0.1, -0.05) is 32.6 Å². The zero-order chi connectivity index (χ0) is 9.40. The van der Waals surface area contributed by atoms with E-state index in [1.807, 2.05) is 6.92 Å². The highest BCUT2D eigenvalue weighted by Crippen LogP contribution is 2.07. The molecule has 3 nitrogen and oxygen atoms in total. The van der Waals surface area contributed by atoms with Crippen LogP contribution in [0.25, 0.3) is 0 Å². The molecule has 0 saturated heterocycles. The van der Waals surface area contributed by atoms with Crippen LogP contribution in [0.4, 0.5) is 0 Å².